The fourth-order valence-corrected chi connectivity index (χ4v) is 2.81. The Kier molecular flexibility index (Phi) is 5.91. The zero-order chi connectivity index (χ0) is 17.6. The monoisotopic (exact) mass is 344 g/mol. The van der Waals surface area contributed by atoms with Gasteiger partial charge in [-0.05, 0) is 36.8 Å². The van der Waals surface area contributed by atoms with Gasteiger partial charge in [0.25, 0.3) is 0 Å². The van der Waals surface area contributed by atoms with Crippen LogP contribution in [0.4, 0.5) is 0 Å². The van der Waals surface area contributed by atoms with Gasteiger partial charge in [0.15, 0.2) is 0 Å². The SMILES string of the molecule is COc1ccc(O[C@@H]2O[C@H](C)[C@@H](OCc3ccccc3)C[C@H]2O)cc1. The maximum atomic E-state index is 10.4. The standard InChI is InChI=1S/C20H24O5/c1-14-19(23-13-15-6-4-3-5-7-15)12-18(21)20(24-14)25-17-10-8-16(22-2)9-11-17/h3-11,14,18-21H,12-13H2,1-2H3/t14-,18-,19+,20+/m1/s1. The number of aliphatic hydroxyl groups excluding tert-OH is 1. The average molecular weight is 344 g/mol. The highest BCUT2D eigenvalue weighted by Crippen LogP contribution is 2.27. The molecule has 134 valence electrons. The number of ether oxygens (including phenoxy) is 4. The number of hydrogen-bond acceptors (Lipinski definition) is 5. The Labute approximate surface area is 148 Å². The van der Waals surface area contributed by atoms with E-state index in [1.54, 1.807) is 31.4 Å². The van der Waals surface area contributed by atoms with Crippen molar-refractivity contribution in [1.82, 2.24) is 0 Å². The predicted molar refractivity (Wildman–Crippen MR) is 93.6 cm³/mol. The number of methoxy groups -OCH3 is 1. The highest BCUT2D eigenvalue weighted by atomic mass is 16.7. The molecule has 1 aliphatic heterocycles. The van der Waals surface area contributed by atoms with Gasteiger partial charge in [0, 0.05) is 6.42 Å². The first-order valence-corrected chi connectivity index (χ1v) is 8.45. The third-order valence-corrected chi connectivity index (χ3v) is 4.28. The lowest BCUT2D eigenvalue weighted by Crippen LogP contribution is -2.49. The molecule has 1 N–H and O–H groups in total. The van der Waals surface area contributed by atoms with Crippen LogP contribution in [0.5, 0.6) is 11.5 Å². The minimum atomic E-state index is -0.751. The summed E-state index contributed by atoms with van der Waals surface area (Å²) in [7, 11) is 1.61. The third-order valence-electron chi connectivity index (χ3n) is 4.28. The van der Waals surface area contributed by atoms with E-state index in [0.717, 1.165) is 11.3 Å². The van der Waals surface area contributed by atoms with Gasteiger partial charge >= 0.3 is 0 Å². The molecule has 1 heterocycles. The number of aliphatic hydroxyl groups is 1. The Morgan fingerprint density at radius 1 is 1.04 bits per heavy atom. The smallest absolute Gasteiger partial charge is 0.226 e. The van der Waals surface area contributed by atoms with Gasteiger partial charge < -0.3 is 24.1 Å². The van der Waals surface area contributed by atoms with Crippen LogP contribution >= 0.6 is 0 Å². The van der Waals surface area contributed by atoms with Gasteiger partial charge in [0.05, 0.1) is 25.9 Å². The summed E-state index contributed by atoms with van der Waals surface area (Å²) in [5.41, 5.74) is 1.10. The Morgan fingerprint density at radius 3 is 2.40 bits per heavy atom. The fraction of sp³-hybridized carbons (Fsp3) is 0.400. The van der Waals surface area contributed by atoms with Crippen molar-refractivity contribution in [2.45, 2.75) is 44.6 Å². The first-order chi connectivity index (χ1) is 12.2. The average Bonchev–Trinajstić information content (AvgIpc) is 2.65. The van der Waals surface area contributed by atoms with E-state index in [-0.39, 0.29) is 12.2 Å². The molecule has 25 heavy (non-hydrogen) atoms. The van der Waals surface area contributed by atoms with E-state index >= 15 is 0 Å². The van der Waals surface area contributed by atoms with Gasteiger partial charge in [-0.25, -0.2) is 0 Å². The normalized spacial score (nSPS) is 26.2. The summed E-state index contributed by atoms with van der Waals surface area (Å²) >= 11 is 0. The lowest BCUT2D eigenvalue weighted by molar-refractivity contribution is -0.239. The lowest BCUT2D eigenvalue weighted by atomic mass is 10.0. The maximum absolute atomic E-state index is 10.4. The Bertz CT molecular complexity index is 643. The van der Waals surface area contributed by atoms with E-state index in [9.17, 15) is 5.11 Å². The van der Waals surface area contributed by atoms with Crippen molar-refractivity contribution >= 4 is 0 Å². The molecule has 0 amide bonds. The molecule has 2 aromatic rings. The van der Waals surface area contributed by atoms with E-state index in [2.05, 4.69) is 0 Å². The van der Waals surface area contributed by atoms with Crippen LogP contribution in [0.25, 0.3) is 0 Å². The second-order valence-electron chi connectivity index (χ2n) is 6.14. The van der Waals surface area contributed by atoms with E-state index in [1.807, 2.05) is 37.3 Å². The van der Waals surface area contributed by atoms with E-state index in [4.69, 9.17) is 18.9 Å². The number of rotatable bonds is 6. The number of hydrogen-bond donors (Lipinski definition) is 1. The van der Waals surface area contributed by atoms with Crippen molar-refractivity contribution in [2.24, 2.45) is 0 Å². The molecule has 3 rings (SSSR count). The van der Waals surface area contributed by atoms with Crippen LogP contribution in [0.3, 0.4) is 0 Å². The summed E-state index contributed by atoms with van der Waals surface area (Å²) in [5.74, 6) is 1.38. The van der Waals surface area contributed by atoms with Crippen molar-refractivity contribution in [3.05, 3.63) is 60.2 Å². The first kappa shape index (κ1) is 17.7. The molecule has 0 aromatic heterocycles. The van der Waals surface area contributed by atoms with Crippen LogP contribution < -0.4 is 9.47 Å². The molecular weight excluding hydrogens is 320 g/mol. The minimum absolute atomic E-state index is 0.171. The summed E-state index contributed by atoms with van der Waals surface area (Å²) in [6.07, 6.45) is -1.34. The highest BCUT2D eigenvalue weighted by Gasteiger charge is 2.37. The van der Waals surface area contributed by atoms with Crippen molar-refractivity contribution < 1.29 is 24.1 Å². The molecule has 4 atom stereocenters. The molecule has 0 spiro atoms. The van der Waals surface area contributed by atoms with Crippen LogP contribution in [0, 0.1) is 0 Å². The Morgan fingerprint density at radius 2 is 1.72 bits per heavy atom. The van der Waals surface area contributed by atoms with Crippen LogP contribution in [-0.4, -0.2) is 36.8 Å². The topological polar surface area (TPSA) is 57.2 Å². The molecular formula is C20H24O5. The molecule has 0 unspecified atom stereocenters. The first-order valence-electron chi connectivity index (χ1n) is 8.45. The van der Waals surface area contributed by atoms with Gasteiger partial charge in [0.1, 0.15) is 17.6 Å². The second kappa shape index (κ2) is 8.34. The van der Waals surface area contributed by atoms with Crippen LogP contribution in [0.1, 0.15) is 18.9 Å². The minimum Gasteiger partial charge on any atom is -0.497 e. The highest BCUT2D eigenvalue weighted by molar-refractivity contribution is 5.31. The van der Waals surface area contributed by atoms with Gasteiger partial charge in [-0.3, -0.25) is 0 Å². The summed E-state index contributed by atoms with van der Waals surface area (Å²) < 4.78 is 22.6. The quantitative estimate of drug-likeness (QED) is 0.872. The summed E-state index contributed by atoms with van der Waals surface area (Å²) in [6.45, 7) is 2.43. The predicted octanol–water partition coefficient (Wildman–Crippen LogP) is 3.16. The summed E-state index contributed by atoms with van der Waals surface area (Å²) in [4.78, 5) is 0. The molecule has 5 nitrogen and oxygen atoms in total. The molecule has 1 aliphatic rings. The van der Waals surface area contributed by atoms with Gasteiger partial charge in [-0.2, -0.15) is 0 Å². The van der Waals surface area contributed by atoms with E-state index in [1.165, 1.54) is 0 Å². The molecule has 5 heteroatoms. The molecule has 0 saturated carbocycles. The van der Waals surface area contributed by atoms with Crippen molar-refractivity contribution in [3.8, 4) is 11.5 Å². The van der Waals surface area contributed by atoms with Crippen LogP contribution in [0.2, 0.25) is 0 Å². The Hall–Kier alpha value is -2.08. The number of benzene rings is 2. The van der Waals surface area contributed by atoms with E-state index in [0.29, 0.717) is 18.8 Å². The van der Waals surface area contributed by atoms with Gasteiger partial charge in [-0.15, -0.1) is 0 Å². The summed E-state index contributed by atoms with van der Waals surface area (Å²) in [6, 6.07) is 17.1. The van der Waals surface area contributed by atoms with Crippen molar-refractivity contribution in [1.29, 1.82) is 0 Å². The van der Waals surface area contributed by atoms with Crippen molar-refractivity contribution in [2.75, 3.05) is 7.11 Å². The molecule has 0 bridgehead atoms. The van der Waals surface area contributed by atoms with E-state index < -0.39 is 12.4 Å². The van der Waals surface area contributed by atoms with Crippen LogP contribution in [-0.2, 0) is 16.1 Å². The zero-order valence-corrected chi connectivity index (χ0v) is 14.5. The molecule has 0 aliphatic carbocycles. The summed E-state index contributed by atoms with van der Waals surface area (Å²) in [5, 5.41) is 10.4. The fourth-order valence-electron chi connectivity index (χ4n) is 2.81. The van der Waals surface area contributed by atoms with Crippen molar-refractivity contribution in [3.63, 3.8) is 0 Å². The maximum Gasteiger partial charge on any atom is 0.226 e. The van der Waals surface area contributed by atoms with Gasteiger partial charge in [-0.1, -0.05) is 30.3 Å². The molecule has 0 radical (unpaired) electrons. The zero-order valence-electron chi connectivity index (χ0n) is 14.5. The van der Waals surface area contributed by atoms with Crippen LogP contribution in [0.15, 0.2) is 54.6 Å². The molecule has 2 aromatic carbocycles. The lowest BCUT2D eigenvalue weighted by Gasteiger charge is -2.37. The van der Waals surface area contributed by atoms with Gasteiger partial charge in [0.2, 0.25) is 6.29 Å². The largest absolute Gasteiger partial charge is 0.497 e. The Balaban J connectivity index is 1.54. The second-order valence-corrected chi connectivity index (χ2v) is 6.14. The third kappa shape index (κ3) is 4.72. The molecule has 1 fully saturated rings. The molecule has 1 saturated heterocycles.